The third-order valence-corrected chi connectivity index (χ3v) is 7.25. The number of hydrogen-bond acceptors (Lipinski definition) is 7. The summed E-state index contributed by atoms with van der Waals surface area (Å²) in [5.74, 6) is 1.64. The van der Waals surface area contributed by atoms with Crippen LogP contribution in [0.25, 0.3) is 11.0 Å². The summed E-state index contributed by atoms with van der Waals surface area (Å²) >= 11 is 0. The van der Waals surface area contributed by atoms with Gasteiger partial charge in [0.05, 0.1) is 15.9 Å². The molecule has 176 valence electrons. The average molecular weight is 474 g/mol. The van der Waals surface area contributed by atoms with E-state index >= 15 is 0 Å². The number of esters is 1. The maximum atomic E-state index is 12.5. The fourth-order valence-electron chi connectivity index (χ4n) is 3.67. The molecule has 0 radical (unpaired) electrons. The summed E-state index contributed by atoms with van der Waals surface area (Å²) < 4.78 is 44.2. The molecule has 0 aliphatic carbocycles. The topological polar surface area (TPSA) is 100.0 Å². The fourth-order valence-corrected chi connectivity index (χ4v) is 4.60. The lowest BCUT2D eigenvalue weighted by atomic mass is 10.1. The highest BCUT2D eigenvalue weighted by atomic mass is 32.2. The van der Waals surface area contributed by atoms with Crippen molar-refractivity contribution in [3.05, 3.63) is 47.8 Å². The minimum atomic E-state index is -3.57. The summed E-state index contributed by atoms with van der Waals surface area (Å²) in [5, 5.41) is 0. The maximum absolute atomic E-state index is 12.5. The Kier molecular flexibility index (Phi) is 6.57. The number of sulfonamides is 1. The Morgan fingerprint density at radius 1 is 1.15 bits per heavy atom. The highest BCUT2D eigenvalue weighted by Crippen LogP contribution is 2.32. The van der Waals surface area contributed by atoms with Gasteiger partial charge in [0, 0.05) is 27.1 Å². The molecular formula is C23H27N3O6S. The Labute approximate surface area is 192 Å². The smallest absolute Gasteiger partial charge is 0.306 e. The first-order valence-corrected chi connectivity index (χ1v) is 12.2. The van der Waals surface area contributed by atoms with Gasteiger partial charge in [0.2, 0.25) is 16.8 Å². The monoisotopic (exact) mass is 473 g/mol. The lowest BCUT2D eigenvalue weighted by Crippen LogP contribution is -2.22. The van der Waals surface area contributed by atoms with E-state index in [2.05, 4.69) is 4.98 Å². The van der Waals surface area contributed by atoms with Crippen LogP contribution in [-0.2, 0) is 39.1 Å². The molecule has 4 rings (SSSR count). The van der Waals surface area contributed by atoms with E-state index < -0.39 is 10.0 Å². The standard InChI is InChI=1S/C23H27N3O6S/c1-4-11-26-19-8-7-17(33(28,29)25(2)3)13-18(19)24-22(26)14-30-23(27)10-6-16-5-9-20-21(12-16)32-15-31-20/h5,7-9,12-13H,4,6,10-11,14-15H2,1-3H3. The van der Waals surface area contributed by atoms with Crippen LogP contribution in [0.1, 0.15) is 31.2 Å². The maximum Gasteiger partial charge on any atom is 0.306 e. The van der Waals surface area contributed by atoms with Crippen molar-refractivity contribution in [2.45, 2.75) is 44.2 Å². The van der Waals surface area contributed by atoms with Crippen LogP contribution in [0.3, 0.4) is 0 Å². The van der Waals surface area contributed by atoms with Gasteiger partial charge in [-0.3, -0.25) is 4.79 Å². The van der Waals surface area contributed by atoms with Crippen LogP contribution in [0.4, 0.5) is 0 Å². The van der Waals surface area contributed by atoms with Crippen LogP contribution in [0.2, 0.25) is 0 Å². The number of aryl methyl sites for hydroxylation is 2. The van der Waals surface area contributed by atoms with Crippen LogP contribution in [0.5, 0.6) is 11.5 Å². The van der Waals surface area contributed by atoms with Gasteiger partial charge in [0.25, 0.3) is 0 Å². The van der Waals surface area contributed by atoms with E-state index in [1.54, 1.807) is 18.2 Å². The van der Waals surface area contributed by atoms with E-state index in [-0.39, 0.29) is 30.7 Å². The zero-order chi connectivity index (χ0) is 23.6. The van der Waals surface area contributed by atoms with Gasteiger partial charge in [-0.05, 0) is 48.7 Å². The Balaban J connectivity index is 1.45. The van der Waals surface area contributed by atoms with Crippen molar-refractivity contribution in [3.8, 4) is 11.5 Å². The fraction of sp³-hybridized carbons (Fsp3) is 0.391. The van der Waals surface area contributed by atoms with E-state index in [1.165, 1.54) is 18.4 Å². The molecule has 0 atom stereocenters. The Morgan fingerprint density at radius 2 is 1.94 bits per heavy atom. The molecule has 0 bridgehead atoms. The number of hydrogen-bond donors (Lipinski definition) is 0. The third-order valence-electron chi connectivity index (χ3n) is 5.44. The van der Waals surface area contributed by atoms with Crippen LogP contribution in [-0.4, -0.2) is 49.1 Å². The van der Waals surface area contributed by atoms with Gasteiger partial charge in [-0.2, -0.15) is 0 Å². The molecule has 0 amide bonds. The number of benzene rings is 2. The molecule has 2 aromatic carbocycles. The highest BCUT2D eigenvalue weighted by Gasteiger charge is 2.20. The number of carbonyl (C=O) groups excluding carboxylic acids is 1. The number of fused-ring (bicyclic) bond motifs is 2. The predicted octanol–water partition coefficient (Wildman–Crippen LogP) is 3.10. The lowest BCUT2D eigenvalue weighted by molar-refractivity contribution is -0.145. The second-order valence-electron chi connectivity index (χ2n) is 7.97. The largest absolute Gasteiger partial charge is 0.457 e. The SMILES string of the molecule is CCCn1c(COC(=O)CCc2ccc3c(c2)OCO3)nc2cc(S(=O)(=O)N(C)C)ccc21. The van der Waals surface area contributed by atoms with Gasteiger partial charge in [0.15, 0.2) is 11.5 Å². The minimum Gasteiger partial charge on any atom is -0.457 e. The second-order valence-corrected chi connectivity index (χ2v) is 10.1. The van der Waals surface area contributed by atoms with Crippen LogP contribution in [0, 0.1) is 0 Å². The van der Waals surface area contributed by atoms with E-state index in [0.717, 1.165) is 17.5 Å². The molecule has 3 aromatic rings. The van der Waals surface area contributed by atoms with Crippen molar-refractivity contribution in [3.63, 3.8) is 0 Å². The molecule has 0 N–H and O–H groups in total. The molecule has 2 heterocycles. The average Bonchev–Trinajstić information content (AvgIpc) is 3.40. The molecule has 0 spiro atoms. The zero-order valence-corrected chi connectivity index (χ0v) is 19.7. The summed E-state index contributed by atoms with van der Waals surface area (Å²) in [5.41, 5.74) is 2.32. The number of aromatic nitrogens is 2. The van der Waals surface area contributed by atoms with Gasteiger partial charge in [-0.1, -0.05) is 13.0 Å². The van der Waals surface area contributed by atoms with Crippen LogP contribution >= 0.6 is 0 Å². The van der Waals surface area contributed by atoms with Crippen LogP contribution in [0.15, 0.2) is 41.3 Å². The number of ether oxygens (including phenoxy) is 3. The molecule has 0 fully saturated rings. The number of carbonyl (C=O) groups is 1. The predicted molar refractivity (Wildman–Crippen MR) is 122 cm³/mol. The summed E-state index contributed by atoms with van der Waals surface area (Å²) in [6.45, 7) is 2.95. The summed E-state index contributed by atoms with van der Waals surface area (Å²) in [6.07, 6.45) is 1.60. The molecule has 10 heteroatoms. The minimum absolute atomic E-state index is 0.0183. The highest BCUT2D eigenvalue weighted by molar-refractivity contribution is 7.89. The molecule has 1 aliphatic heterocycles. The molecule has 1 aromatic heterocycles. The van der Waals surface area contributed by atoms with Gasteiger partial charge in [-0.15, -0.1) is 0 Å². The quantitative estimate of drug-likeness (QED) is 0.440. The molecule has 0 saturated carbocycles. The number of rotatable bonds is 9. The second kappa shape index (κ2) is 9.40. The molecule has 0 unspecified atom stereocenters. The summed E-state index contributed by atoms with van der Waals surface area (Å²) in [6, 6.07) is 10.5. The Hall–Kier alpha value is -3.11. The van der Waals surface area contributed by atoms with Crippen molar-refractivity contribution in [1.82, 2.24) is 13.9 Å². The van der Waals surface area contributed by atoms with E-state index in [1.807, 2.05) is 29.7 Å². The van der Waals surface area contributed by atoms with Gasteiger partial charge in [-0.25, -0.2) is 17.7 Å². The normalized spacial score (nSPS) is 13.1. The number of nitrogens with zero attached hydrogens (tertiary/aromatic N) is 3. The first-order valence-electron chi connectivity index (χ1n) is 10.8. The first kappa shape index (κ1) is 23.1. The van der Waals surface area contributed by atoms with E-state index in [9.17, 15) is 13.2 Å². The number of imidazole rings is 1. The zero-order valence-electron chi connectivity index (χ0n) is 18.9. The van der Waals surface area contributed by atoms with E-state index in [0.29, 0.717) is 35.8 Å². The van der Waals surface area contributed by atoms with Crippen molar-refractivity contribution in [2.24, 2.45) is 0 Å². The summed E-state index contributed by atoms with van der Waals surface area (Å²) in [4.78, 5) is 17.1. The van der Waals surface area contributed by atoms with Gasteiger partial charge >= 0.3 is 5.97 Å². The van der Waals surface area contributed by atoms with E-state index in [4.69, 9.17) is 14.2 Å². The van der Waals surface area contributed by atoms with Crippen molar-refractivity contribution in [1.29, 1.82) is 0 Å². The molecular weight excluding hydrogens is 446 g/mol. The third kappa shape index (κ3) is 4.81. The summed E-state index contributed by atoms with van der Waals surface area (Å²) in [7, 11) is -0.586. The van der Waals surface area contributed by atoms with Crippen molar-refractivity contribution >= 4 is 27.0 Å². The van der Waals surface area contributed by atoms with Crippen LogP contribution < -0.4 is 9.47 Å². The van der Waals surface area contributed by atoms with Crippen molar-refractivity contribution < 1.29 is 27.4 Å². The Bertz CT molecular complexity index is 1280. The van der Waals surface area contributed by atoms with Gasteiger partial charge in [0.1, 0.15) is 12.4 Å². The molecule has 0 saturated heterocycles. The first-order chi connectivity index (χ1) is 15.8. The van der Waals surface area contributed by atoms with Gasteiger partial charge < -0.3 is 18.8 Å². The van der Waals surface area contributed by atoms with Crippen molar-refractivity contribution in [2.75, 3.05) is 20.9 Å². The molecule has 9 nitrogen and oxygen atoms in total. The molecule has 33 heavy (non-hydrogen) atoms. The lowest BCUT2D eigenvalue weighted by Gasteiger charge is -2.11. The Morgan fingerprint density at radius 3 is 2.70 bits per heavy atom. The molecule has 1 aliphatic rings.